The van der Waals surface area contributed by atoms with E-state index in [1.54, 1.807) is 12.1 Å². The van der Waals surface area contributed by atoms with Crippen molar-refractivity contribution < 1.29 is 18.3 Å². The molecular weight excluding hydrogens is 324 g/mol. The Morgan fingerprint density at radius 1 is 1.16 bits per heavy atom. The van der Waals surface area contributed by atoms with Gasteiger partial charge in [0, 0.05) is 23.4 Å². The lowest BCUT2D eigenvalue weighted by molar-refractivity contribution is -0.148. The lowest BCUT2D eigenvalue weighted by Gasteiger charge is -2.21. The van der Waals surface area contributed by atoms with Crippen LogP contribution in [0.15, 0.2) is 42.5 Å². The van der Waals surface area contributed by atoms with Crippen molar-refractivity contribution in [3.05, 3.63) is 54.1 Å². The van der Waals surface area contributed by atoms with Gasteiger partial charge in [0.05, 0.1) is 12.5 Å². The minimum atomic E-state index is -0.592. The van der Waals surface area contributed by atoms with Gasteiger partial charge in [0.2, 0.25) is 0 Å². The fourth-order valence-corrected chi connectivity index (χ4v) is 3.35. The summed E-state index contributed by atoms with van der Waals surface area (Å²) >= 11 is 0. The summed E-state index contributed by atoms with van der Waals surface area (Å²) in [6.07, 6.45) is 2.73. The summed E-state index contributed by atoms with van der Waals surface area (Å²) in [4.78, 5) is 12.0. The number of rotatable bonds is 5. The molecule has 1 aliphatic carbocycles. The summed E-state index contributed by atoms with van der Waals surface area (Å²) in [7, 11) is 0. The maximum absolute atomic E-state index is 13.9. The summed E-state index contributed by atoms with van der Waals surface area (Å²) in [5, 5.41) is 3.38. The van der Waals surface area contributed by atoms with E-state index in [4.69, 9.17) is 4.74 Å². The van der Waals surface area contributed by atoms with Crippen molar-refractivity contribution in [2.24, 2.45) is 5.92 Å². The zero-order valence-corrected chi connectivity index (χ0v) is 14.1. The second-order valence-corrected chi connectivity index (χ2v) is 6.24. The first kappa shape index (κ1) is 17.4. The molecule has 2 unspecified atom stereocenters. The van der Waals surface area contributed by atoms with Gasteiger partial charge in [0.15, 0.2) is 0 Å². The molecule has 2 aromatic carbocycles. The predicted octanol–water partition coefficient (Wildman–Crippen LogP) is 4.78. The first-order valence-corrected chi connectivity index (χ1v) is 8.57. The molecule has 1 N–H and O–H groups in total. The van der Waals surface area contributed by atoms with Crippen LogP contribution < -0.4 is 5.32 Å². The first-order chi connectivity index (χ1) is 12.1. The van der Waals surface area contributed by atoms with Crippen LogP contribution in [0.25, 0.3) is 11.1 Å². The maximum Gasteiger partial charge on any atom is 0.311 e. The average molecular weight is 345 g/mol. The maximum atomic E-state index is 13.9. The molecule has 3 rings (SSSR count). The second kappa shape index (κ2) is 7.64. The molecule has 0 radical (unpaired) electrons. The number of carbonyl (C=O) groups is 1. The highest BCUT2D eigenvalue weighted by Crippen LogP contribution is 2.31. The summed E-state index contributed by atoms with van der Waals surface area (Å²) in [6.45, 7) is 2.20. The van der Waals surface area contributed by atoms with Crippen molar-refractivity contribution in [3.8, 4) is 11.1 Å². The Balaban J connectivity index is 1.71. The van der Waals surface area contributed by atoms with E-state index in [1.807, 2.05) is 19.1 Å². The Bertz CT molecular complexity index is 746. The molecular formula is C20H21F2NO2. The average Bonchev–Trinajstić information content (AvgIpc) is 3.04. The van der Waals surface area contributed by atoms with Crippen LogP contribution in [-0.4, -0.2) is 18.6 Å². The molecule has 25 heavy (non-hydrogen) atoms. The van der Waals surface area contributed by atoms with Crippen LogP contribution in [-0.2, 0) is 9.53 Å². The minimum absolute atomic E-state index is 0.0486. The van der Waals surface area contributed by atoms with Gasteiger partial charge < -0.3 is 10.1 Å². The van der Waals surface area contributed by atoms with E-state index in [-0.39, 0.29) is 17.9 Å². The largest absolute Gasteiger partial charge is 0.466 e. The molecule has 0 amide bonds. The van der Waals surface area contributed by atoms with E-state index in [0.717, 1.165) is 31.0 Å². The Kier molecular flexibility index (Phi) is 5.31. The standard InChI is InChI=1S/C20H21F2NO2/c1-2-25-20(24)17-4-3-5-19(17)23-15-9-6-13(7-10-15)16-11-8-14(21)12-18(16)22/h6-12,17,19,23H,2-5H2,1H3. The molecule has 0 saturated heterocycles. The van der Waals surface area contributed by atoms with Gasteiger partial charge in [0.1, 0.15) is 11.6 Å². The van der Waals surface area contributed by atoms with Crippen molar-refractivity contribution in [1.82, 2.24) is 0 Å². The van der Waals surface area contributed by atoms with Crippen molar-refractivity contribution in [3.63, 3.8) is 0 Å². The van der Waals surface area contributed by atoms with Gasteiger partial charge in [-0.3, -0.25) is 4.79 Å². The predicted molar refractivity (Wildman–Crippen MR) is 93.2 cm³/mol. The summed E-state index contributed by atoms with van der Waals surface area (Å²) in [5.74, 6) is -1.46. The number of anilines is 1. The van der Waals surface area contributed by atoms with Gasteiger partial charge in [-0.05, 0) is 49.6 Å². The van der Waals surface area contributed by atoms with Gasteiger partial charge in [-0.25, -0.2) is 8.78 Å². The van der Waals surface area contributed by atoms with Crippen LogP contribution in [0.5, 0.6) is 0 Å². The highest BCUT2D eigenvalue weighted by atomic mass is 19.1. The Morgan fingerprint density at radius 2 is 1.92 bits per heavy atom. The van der Waals surface area contributed by atoms with E-state index in [2.05, 4.69) is 5.32 Å². The summed E-state index contributed by atoms with van der Waals surface area (Å²) < 4.78 is 32.0. The molecule has 0 aromatic heterocycles. The third-order valence-corrected chi connectivity index (χ3v) is 4.58. The molecule has 2 atom stereocenters. The van der Waals surface area contributed by atoms with Crippen LogP contribution in [0.2, 0.25) is 0 Å². The fourth-order valence-electron chi connectivity index (χ4n) is 3.35. The van der Waals surface area contributed by atoms with E-state index in [0.29, 0.717) is 17.7 Å². The van der Waals surface area contributed by atoms with E-state index < -0.39 is 11.6 Å². The zero-order valence-electron chi connectivity index (χ0n) is 14.1. The van der Waals surface area contributed by atoms with Crippen LogP contribution >= 0.6 is 0 Å². The molecule has 1 aliphatic rings. The van der Waals surface area contributed by atoms with Crippen LogP contribution in [0.1, 0.15) is 26.2 Å². The number of nitrogens with one attached hydrogen (secondary N) is 1. The number of benzene rings is 2. The molecule has 5 heteroatoms. The number of esters is 1. The summed E-state index contributed by atoms with van der Waals surface area (Å²) in [5.41, 5.74) is 1.90. The Morgan fingerprint density at radius 3 is 2.60 bits per heavy atom. The zero-order chi connectivity index (χ0) is 17.8. The monoisotopic (exact) mass is 345 g/mol. The third kappa shape index (κ3) is 3.98. The molecule has 0 bridgehead atoms. The molecule has 1 fully saturated rings. The van der Waals surface area contributed by atoms with Crippen molar-refractivity contribution in [2.75, 3.05) is 11.9 Å². The smallest absolute Gasteiger partial charge is 0.311 e. The molecule has 0 spiro atoms. The van der Waals surface area contributed by atoms with Crippen molar-refractivity contribution >= 4 is 11.7 Å². The van der Waals surface area contributed by atoms with Gasteiger partial charge >= 0.3 is 5.97 Å². The molecule has 0 aliphatic heterocycles. The van der Waals surface area contributed by atoms with Gasteiger partial charge in [-0.15, -0.1) is 0 Å². The fraction of sp³-hybridized carbons (Fsp3) is 0.350. The van der Waals surface area contributed by atoms with Gasteiger partial charge in [-0.1, -0.05) is 18.6 Å². The van der Waals surface area contributed by atoms with Gasteiger partial charge in [0.25, 0.3) is 0 Å². The van der Waals surface area contributed by atoms with Crippen molar-refractivity contribution in [2.45, 2.75) is 32.2 Å². The van der Waals surface area contributed by atoms with Crippen LogP contribution in [0.3, 0.4) is 0 Å². The molecule has 3 nitrogen and oxygen atoms in total. The minimum Gasteiger partial charge on any atom is -0.466 e. The van der Waals surface area contributed by atoms with E-state index in [9.17, 15) is 13.6 Å². The molecule has 2 aromatic rings. The van der Waals surface area contributed by atoms with Crippen LogP contribution in [0, 0.1) is 17.6 Å². The quantitative estimate of drug-likeness (QED) is 0.793. The lowest BCUT2D eigenvalue weighted by atomic mass is 10.0. The van der Waals surface area contributed by atoms with Crippen molar-refractivity contribution in [1.29, 1.82) is 0 Å². The highest BCUT2D eigenvalue weighted by Gasteiger charge is 2.33. The van der Waals surface area contributed by atoms with Gasteiger partial charge in [-0.2, -0.15) is 0 Å². The molecule has 0 heterocycles. The first-order valence-electron chi connectivity index (χ1n) is 8.57. The SMILES string of the molecule is CCOC(=O)C1CCCC1Nc1ccc(-c2ccc(F)cc2F)cc1. The highest BCUT2D eigenvalue weighted by molar-refractivity contribution is 5.74. The number of ether oxygens (including phenoxy) is 1. The molecule has 1 saturated carbocycles. The Hall–Kier alpha value is -2.43. The lowest BCUT2D eigenvalue weighted by Crippen LogP contribution is -2.31. The molecule has 132 valence electrons. The Labute approximate surface area is 146 Å². The number of halogens is 2. The third-order valence-electron chi connectivity index (χ3n) is 4.58. The summed E-state index contributed by atoms with van der Waals surface area (Å²) in [6, 6.07) is 10.9. The number of hydrogen-bond donors (Lipinski definition) is 1. The van der Waals surface area contributed by atoms with E-state index >= 15 is 0 Å². The topological polar surface area (TPSA) is 38.3 Å². The second-order valence-electron chi connectivity index (χ2n) is 6.24. The number of carbonyl (C=O) groups excluding carboxylic acids is 1. The number of hydrogen-bond acceptors (Lipinski definition) is 3. The van der Waals surface area contributed by atoms with E-state index in [1.165, 1.54) is 12.1 Å². The van der Waals surface area contributed by atoms with Crippen LogP contribution in [0.4, 0.5) is 14.5 Å². The normalized spacial score (nSPS) is 19.6.